The highest BCUT2D eigenvalue weighted by atomic mass is 32.2. The minimum atomic E-state index is -4.34. The smallest absolute Gasteiger partial charge is 0.389 e. The summed E-state index contributed by atoms with van der Waals surface area (Å²) in [5, 5.41) is 9.29. The first-order valence-corrected chi connectivity index (χ1v) is 14.6. The zero-order valence-electron chi connectivity index (χ0n) is 21.9. The molecule has 0 aromatic heterocycles. The second-order valence-corrected chi connectivity index (χ2v) is 13.2. The molecule has 3 aliphatic rings. The predicted molar refractivity (Wildman–Crippen MR) is 143 cm³/mol. The lowest BCUT2D eigenvalue weighted by molar-refractivity contribution is -0.185. The third-order valence-corrected chi connectivity index (χ3v) is 9.78. The van der Waals surface area contributed by atoms with Crippen LogP contribution in [0.25, 0.3) is 0 Å². The number of carboxylic acid groups (broad SMARTS) is 1. The van der Waals surface area contributed by atoms with Crippen LogP contribution in [0.15, 0.2) is 46.2 Å². The molecule has 41 heavy (non-hydrogen) atoms. The van der Waals surface area contributed by atoms with Gasteiger partial charge < -0.3 is 19.5 Å². The number of benzene rings is 2. The third-order valence-electron chi connectivity index (χ3n) is 7.43. The Labute approximate surface area is 241 Å². The van der Waals surface area contributed by atoms with Gasteiger partial charge in [0.05, 0.1) is 28.7 Å². The standard InChI is InChI=1S/C27H28F6N2O4S2/c1-34-18(6-7-27(31,32)33)12-35(17-4-2-16(28)3-5-17)20-8-23(40-19-10-26(29,30)11-19)21(9-22(20)41-34)39-15-25(24(36)37)13-38-14-25/h2-5,8-9,18-19H,6-7,10-15H2,1H3,(H,36,37). The second-order valence-electron chi connectivity index (χ2n) is 10.7. The normalized spacial score (nSPS) is 22.3. The molecule has 1 aliphatic carbocycles. The molecule has 2 aliphatic heterocycles. The molecule has 6 nitrogen and oxygen atoms in total. The summed E-state index contributed by atoms with van der Waals surface area (Å²) in [6.07, 6.45) is -6.14. The van der Waals surface area contributed by atoms with Crippen LogP contribution in [0.3, 0.4) is 0 Å². The molecule has 1 N–H and O–H groups in total. The minimum Gasteiger partial charge on any atom is -0.491 e. The van der Waals surface area contributed by atoms with Crippen LogP contribution in [0, 0.1) is 11.2 Å². The van der Waals surface area contributed by atoms with Crippen molar-refractivity contribution in [1.82, 2.24) is 4.31 Å². The van der Waals surface area contributed by atoms with Gasteiger partial charge in [0.1, 0.15) is 23.6 Å². The molecule has 1 atom stereocenters. The maximum atomic E-state index is 13.8. The molecule has 0 amide bonds. The van der Waals surface area contributed by atoms with E-state index in [1.54, 1.807) is 28.4 Å². The lowest BCUT2D eigenvalue weighted by Gasteiger charge is -2.37. The number of aliphatic carboxylic acids is 1. The van der Waals surface area contributed by atoms with Crippen molar-refractivity contribution in [2.75, 3.05) is 38.3 Å². The first-order valence-electron chi connectivity index (χ1n) is 12.9. The zero-order chi connectivity index (χ0) is 29.6. The number of likely N-dealkylation sites (N-methyl/N-ethyl adjacent to an activating group) is 1. The lowest BCUT2D eigenvalue weighted by Crippen LogP contribution is -2.53. The Morgan fingerprint density at radius 1 is 1.20 bits per heavy atom. The van der Waals surface area contributed by atoms with Crippen LogP contribution < -0.4 is 9.64 Å². The van der Waals surface area contributed by atoms with Crippen molar-refractivity contribution in [3.05, 3.63) is 42.2 Å². The van der Waals surface area contributed by atoms with E-state index >= 15 is 0 Å². The number of thioether (sulfide) groups is 1. The molecule has 2 heterocycles. The highest BCUT2D eigenvalue weighted by Crippen LogP contribution is 2.52. The molecule has 0 radical (unpaired) electrons. The summed E-state index contributed by atoms with van der Waals surface area (Å²) in [6.45, 7) is -0.0992. The monoisotopic (exact) mass is 622 g/mol. The number of alkyl halides is 5. The summed E-state index contributed by atoms with van der Waals surface area (Å²) >= 11 is 2.41. The quantitative estimate of drug-likeness (QED) is 0.237. The molecule has 14 heteroatoms. The van der Waals surface area contributed by atoms with Gasteiger partial charge in [-0.2, -0.15) is 13.2 Å². The molecular formula is C27H28F6N2O4S2. The van der Waals surface area contributed by atoms with Crippen LogP contribution in [0.1, 0.15) is 25.7 Å². The van der Waals surface area contributed by atoms with Crippen molar-refractivity contribution in [3.8, 4) is 5.75 Å². The first-order chi connectivity index (χ1) is 19.2. The number of halogens is 6. The molecular weight excluding hydrogens is 594 g/mol. The topological polar surface area (TPSA) is 62.2 Å². The molecule has 2 fully saturated rings. The fraction of sp³-hybridized carbons (Fsp3) is 0.519. The van der Waals surface area contributed by atoms with E-state index in [1.165, 1.54) is 48.0 Å². The molecule has 2 aromatic carbocycles. The maximum absolute atomic E-state index is 13.8. The van der Waals surface area contributed by atoms with Crippen LogP contribution in [0.2, 0.25) is 0 Å². The minimum absolute atomic E-state index is 0.0265. The summed E-state index contributed by atoms with van der Waals surface area (Å²) in [5.41, 5.74) is -0.0778. The summed E-state index contributed by atoms with van der Waals surface area (Å²) < 4.78 is 93.5. The van der Waals surface area contributed by atoms with Gasteiger partial charge in [0.2, 0.25) is 5.92 Å². The summed E-state index contributed by atoms with van der Waals surface area (Å²) in [6, 6.07) is 8.46. The van der Waals surface area contributed by atoms with Gasteiger partial charge in [-0.15, -0.1) is 11.8 Å². The van der Waals surface area contributed by atoms with Crippen LogP contribution in [-0.2, 0) is 9.53 Å². The van der Waals surface area contributed by atoms with Gasteiger partial charge in [-0.3, -0.25) is 4.79 Å². The Morgan fingerprint density at radius 3 is 2.44 bits per heavy atom. The van der Waals surface area contributed by atoms with Crippen molar-refractivity contribution in [2.24, 2.45) is 5.41 Å². The maximum Gasteiger partial charge on any atom is 0.389 e. The number of hydrogen-bond acceptors (Lipinski definition) is 7. The SMILES string of the molecule is CN1Sc2cc(OCC3(C(=O)O)COC3)c(SC3CC(F)(F)C3)cc2N(c2ccc(F)cc2)CC1CCC(F)(F)F. The van der Waals surface area contributed by atoms with Gasteiger partial charge in [-0.25, -0.2) is 17.5 Å². The average Bonchev–Trinajstić information content (AvgIpc) is 2.96. The molecule has 5 rings (SSSR count). The molecule has 1 unspecified atom stereocenters. The third kappa shape index (κ3) is 6.86. The van der Waals surface area contributed by atoms with E-state index in [0.717, 1.165) is 0 Å². The van der Waals surface area contributed by atoms with Gasteiger partial charge in [-0.1, -0.05) is 0 Å². The number of hydrogen-bond donors (Lipinski definition) is 1. The van der Waals surface area contributed by atoms with Crippen molar-refractivity contribution in [1.29, 1.82) is 0 Å². The van der Waals surface area contributed by atoms with Gasteiger partial charge >= 0.3 is 12.1 Å². The second kappa shape index (κ2) is 11.4. The fourth-order valence-electron chi connectivity index (χ4n) is 4.84. The average molecular weight is 623 g/mol. The Bertz CT molecular complexity index is 1270. The number of rotatable bonds is 9. The molecule has 224 valence electrons. The molecule has 2 aromatic rings. The van der Waals surface area contributed by atoms with Gasteiger partial charge in [0.15, 0.2) is 0 Å². The lowest BCUT2D eigenvalue weighted by atomic mass is 9.87. The van der Waals surface area contributed by atoms with Gasteiger partial charge in [-0.05, 0) is 61.8 Å². The Kier molecular flexibility index (Phi) is 8.40. The Morgan fingerprint density at radius 2 is 1.88 bits per heavy atom. The van der Waals surface area contributed by atoms with E-state index in [1.807, 2.05) is 0 Å². The van der Waals surface area contributed by atoms with Crippen molar-refractivity contribution in [3.63, 3.8) is 0 Å². The van der Waals surface area contributed by atoms with Crippen LogP contribution in [-0.4, -0.2) is 72.2 Å². The largest absolute Gasteiger partial charge is 0.491 e. The van der Waals surface area contributed by atoms with E-state index in [4.69, 9.17) is 9.47 Å². The van der Waals surface area contributed by atoms with E-state index in [9.17, 15) is 36.2 Å². The first kappa shape index (κ1) is 30.2. The van der Waals surface area contributed by atoms with Crippen molar-refractivity contribution < 1.29 is 45.7 Å². The highest BCUT2D eigenvalue weighted by molar-refractivity contribution is 8.00. The summed E-state index contributed by atoms with van der Waals surface area (Å²) in [7, 11) is 1.69. The highest BCUT2D eigenvalue weighted by Gasteiger charge is 2.48. The number of fused-ring (bicyclic) bond motifs is 1. The Balaban J connectivity index is 1.52. The summed E-state index contributed by atoms with van der Waals surface area (Å²) in [5.74, 6) is -4.01. The van der Waals surface area contributed by atoms with E-state index in [2.05, 4.69) is 0 Å². The van der Waals surface area contributed by atoms with E-state index in [0.29, 0.717) is 26.9 Å². The molecule has 1 saturated heterocycles. The van der Waals surface area contributed by atoms with Crippen LogP contribution in [0.4, 0.5) is 37.7 Å². The van der Waals surface area contributed by atoms with Crippen LogP contribution in [0.5, 0.6) is 5.75 Å². The predicted octanol–water partition coefficient (Wildman–Crippen LogP) is 7.00. The number of anilines is 2. The Hall–Kier alpha value is -2.29. The number of nitrogens with zero attached hydrogens (tertiary/aromatic N) is 2. The van der Waals surface area contributed by atoms with Gasteiger partial charge in [0.25, 0.3) is 0 Å². The number of carbonyl (C=O) groups is 1. The fourth-order valence-corrected chi connectivity index (χ4v) is 7.33. The molecule has 0 bridgehead atoms. The number of ether oxygens (including phenoxy) is 2. The zero-order valence-corrected chi connectivity index (χ0v) is 23.6. The summed E-state index contributed by atoms with van der Waals surface area (Å²) in [4.78, 5) is 14.8. The van der Waals surface area contributed by atoms with Crippen LogP contribution >= 0.6 is 23.7 Å². The number of carboxylic acids is 1. The van der Waals surface area contributed by atoms with Gasteiger partial charge in [0, 0.05) is 42.8 Å². The van der Waals surface area contributed by atoms with Crippen molar-refractivity contribution in [2.45, 2.75) is 58.9 Å². The van der Waals surface area contributed by atoms with E-state index < -0.39 is 47.0 Å². The van der Waals surface area contributed by atoms with Crippen molar-refractivity contribution >= 4 is 41.1 Å². The molecule has 0 spiro atoms. The molecule has 1 saturated carbocycles. The van der Waals surface area contributed by atoms with E-state index in [-0.39, 0.29) is 45.6 Å².